The SMILES string of the molecule is CCCC(Cl)CCC(=O)NC1CCN(CC23CC(c4ccccc42)c2ccc(Cl)cc23)CC1. The molecule has 2 aliphatic carbocycles. The smallest absolute Gasteiger partial charge is 0.220 e. The molecule has 0 saturated carbocycles. The van der Waals surface area contributed by atoms with Crippen LogP contribution < -0.4 is 5.32 Å². The van der Waals surface area contributed by atoms with E-state index in [-0.39, 0.29) is 22.7 Å². The summed E-state index contributed by atoms with van der Waals surface area (Å²) in [4.78, 5) is 15.0. The molecule has 1 fully saturated rings. The predicted octanol–water partition coefficient (Wildman–Crippen LogP) is 6.24. The highest BCUT2D eigenvalue weighted by molar-refractivity contribution is 6.30. The van der Waals surface area contributed by atoms with Gasteiger partial charge in [-0.25, -0.2) is 0 Å². The van der Waals surface area contributed by atoms with Crippen LogP contribution in [0, 0.1) is 0 Å². The molecule has 0 aromatic heterocycles. The van der Waals surface area contributed by atoms with E-state index in [1.54, 1.807) is 0 Å². The monoisotopic (exact) mass is 484 g/mol. The van der Waals surface area contributed by atoms with Crippen molar-refractivity contribution in [1.29, 1.82) is 0 Å². The van der Waals surface area contributed by atoms with Crippen LogP contribution in [0.2, 0.25) is 5.02 Å². The van der Waals surface area contributed by atoms with Crippen molar-refractivity contribution in [3.8, 4) is 0 Å². The molecule has 1 N–H and O–H groups in total. The van der Waals surface area contributed by atoms with Crippen molar-refractivity contribution in [2.24, 2.45) is 0 Å². The van der Waals surface area contributed by atoms with E-state index in [1.165, 1.54) is 22.3 Å². The topological polar surface area (TPSA) is 32.3 Å². The van der Waals surface area contributed by atoms with Crippen LogP contribution in [-0.2, 0) is 10.2 Å². The number of nitrogens with zero attached hydrogens (tertiary/aromatic N) is 1. The lowest BCUT2D eigenvalue weighted by molar-refractivity contribution is -0.122. The Kier molecular flexibility index (Phi) is 6.75. The number of hydrogen-bond donors (Lipinski definition) is 1. The van der Waals surface area contributed by atoms with Crippen LogP contribution in [-0.4, -0.2) is 41.9 Å². The first kappa shape index (κ1) is 23.2. The average Bonchev–Trinajstić information content (AvgIpc) is 3.31. The van der Waals surface area contributed by atoms with Crippen LogP contribution in [0.25, 0.3) is 0 Å². The number of benzene rings is 2. The zero-order valence-corrected chi connectivity index (χ0v) is 21.0. The van der Waals surface area contributed by atoms with Crippen molar-refractivity contribution in [2.45, 2.75) is 74.6 Å². The molecule has 0 radical (unpaired) electrons. The van der Waals surface area contributed by atoms with E-state index in [2.05, 4.69) is 53.5 Å². The molecule has 176 valence electrons. The number of carbonyl (C=O) groups excluding carboxylic acids is 1. The molecule has 0 spiro atoms. The summed E-state index contributed by atoms with van der Waals surface area (Å²) in [5, 5.41) is 4.20. The maximum absolute atomic E-state index is 12.4. The molecule has 2 bridgehead atoms. The first-order chi connectivity index (χ1) is 16.0. The van der Waals surface area contributed by atoms with Gasteiger partial charge in [0.15, 0.2) is 0 Å². The summed E-state index contributed by atoms with van der Waals surface area (Å²) in [5.41, 5.74) is 5.91. The Morgan fingerprint density at radius 3 is 2.67 bits per heavy atom. The molecule has 1 heterocycles. The second-order valence-electron chi connectivity index (χ2n) is 10.2. The summed E-state index contributed by atoms with van der Waals surface area (Å²) in [6.45, 7) is 5.19. The van der Waals surface area contributed by atoms with E-state index in [0.29, 0.717) is 12.3 Å². The normalized spacial score (nSPS) is 25.0. The van der Waals surface area contributed by atoms with Gasteiger partial charge >= 0.3 is 0 Å². The average molecular weight is 485 g/mol. The molecular formula is C28H34Cl2N2O. The van der Waals surface area contributed by atoms with Crippen LogP contribution in [0.5, 0.6) is 0 Å². The third-order valence-electron chi connectivity index (χ3n) is 8.04. The summed E-state index contributed by atoms with van der Waals surface area (Å²) in [7, 11) is 0. The molecular weight excluding hydrogens is 451 g/mol. The van der Waals surface area contributed by atoms with Crippen molar-refractivity contribution >= 4 is 29.1 Å². The minimum Gasteiger partial charge on any atom is -0.353 e. The molecule has 2 aromatic rings. The molecule has 1 amide bonds. The first-order valence-electron chi connectivity index (χ1n) is 12.6. The molecule has 1 saturated heterocycles. The Labute approximate surface area is 207 Å². The number of amides is 1. The molecule has 3 aliphatic rings. The number of carbonyl (C=O) groups is 1. The second-order valence-corrected chi connectivity index (χ2v) is 11.3. The zero-order valence-electron chi connectivity index (χ0n) is 19.5. The third-order valence-corrected chi connectivity index (χ3v) is 8.71. The second kappa shape index (κ2) is 9.60. The highest BCUT2D eigenvalue weighted by Gasteiger charge is 2.53. The fourth-order valence-corrected chi connectivity index (χ4v) is 6.98. The predicted molar refractivity (Wildman–Crippen MR) is 137 cm³/mol. The van der Waals surface area contributed by atoms with Crippen LogP contribution in [0.1, 0.15) is 80.0 Å². The molecule has 33 heavy (non-hydrogen) atoms. The number of likely N-dealkylation sites (tertiary alicyclic amines) is 1. The van der Waals surface area contributed by atoms with E-state index in [9.17, 15) is 4.79 Å². The van der Waals surface area contributed by atoms with Gasteiger partial charge in [0.1, 0.15) is 0 Å². The lowest BCUT2D eigenvalue weighted by Crippen LogP contribution is -2.48. The number of halogens is 2. The fraction of sp³-hybridized carbons (Fsp3) is 0.536. The van der Waals surface area contributed by atoms with Gasteiger partial charge in [0.05, 0.1) is 0 Å². The summed E-state index contributed by atoms with van der Waals surface area (Å²) < 4.78 is 0. The van der Waals surface area contributed by atoms with Gasteiger partial charge in [-0.3, -0.25) is 4.79 Å². The van der Waals surface area contributed by atoms with E-state index >= 15 is 0 Å². The fourth-order valence-electron chi connectivity index (χ4n) is 6.48. The molecule has 3 unspecified atom stereocenters. The van der Waals surface area contributed by atoms with Crippen molar-refractivity contribution in [3.63, 3.8) is 0 Å². The van der Waals surface area contributed by atoms with Crippen LogP contribution in [0.15, 0.2) is 42.5 Å². The van der Waals surface area contributed by atoms with E-state index in [0.717, 1.165) is 63.2 Å². The number of fused-ring (bicyclic) bond motifs is 8. The summed E-state index contributed by atoms with van der Waals surface area (Å²) in [5.74, 6) is 0.643. The maximum atomic E-state index is 12.4. The van der Waals surface area contributed by atoms with Crippen LogP contribution in [0.3, 0.4) is 0 Å². The minimum atomic E-state index is 0.0339. The molecule has 3 atom stereocenters. The first-order valence-corrected chi connectivity index (χ1v) is 13.4. The lowest BCUT2D eigenvalue weighted by atomic mass is 9.74. The van der Waals surface area contributed by atoms with Crippen molar-refractivity contribution in [3.05, 3.63) is 69.7 Å². The van der Waals surface area contributed by atoms with Gasteiger partial charge < -0.3 is 10.2 Å². The largest absolute Gasteiger partial charge is 0.353 e. The molecule has 5 rings (SSSR count). The van der Waals surface area contributed by atoms with Crippen LogP contribution in [0.4, 0.5) is 0 Å². The van der Waals surface area contributed by atoms with Gasteiger partial charge in [-0.2, -0.15) is 0 Å². The van der Waals surface area contributed by atoms with Crippen molar-refractivity contribution in [2.75, 3.05) is 19.6 Å². The number of piperidine rings is 1. The summed E-state index contributed by atoms with van der Waals surface area (Å²) in [6, 6.07) is 15.8. The molecule has 3 nitrogen and oxygen atoms in total. The van der Waals surface area contributed by atoms with Gasteiger partial charge in [0, 0.05) is 53.8 Å². The van der Waals surface area contributed by atoms with E-state index in [1.807, 2.05) is 6.07 Å². The number of nitrogens with one attached hydrogen (secondary N) is 1. The standard InChI is InChI=1S/C28H34Cl2N2O/c1-2-5-19(29)9-11-27(33)31-21-12-14-32(15-13-21)18-28-17-24(22-6-3-4-7-25(22)28)23-10-8-20(30)16-26(23)28/h3-4,6-8,10,16,19,21,24H,2,5,9,11-15,17-18H2,1H3,(H,31,33). The quantitative estimate of drug-likeness (QED) is 0.449. The van der Waals surface area contributed by atoms with Gasteiger partial charge in [-0.15, -0.1) is 11.6 Å². The van der Waals surface area contributed by atoms with Gasteiger partial charge in [0.2, 0.25) is 5.91 Å². The minimum absolute atomic E-state index is 0.0339. The highest BCUT2D eigenvalue weighted by atomic mass is 35.5. The molecule has 2 aromatic carbocycles. The van der Waals surface area contributed by atoms with E-state index in [4.69, 9.17) is 23.2 Å². The summed E-state index contributed by atoms with van der Waals surface area (Å²) >= 11 is 12.7. The van der Waals surface area contributed by atoms with Gasteiger partial charge in [0.25, 0.3) is 0 Å². The third kappa shape index (κ3) is 4.45. The number of rotatable bonds is 8. The van der Waals surface area contributed by atoms with Crippen LogP contribution >= 0.6 is 23.2 Å². The van der Waals surface area contributed by atoms with Gasteiger partial charge in [-0.05, 0) is 66.5 Å². The van der Waals surface area contributed by atoms with E-state index < -0.39 is 0 Å². The zero-order chi connectivity index (χ0) is 23.0. The van der Waals surface area contributed by atoms with Crippen molar-refractivity contribution in [1.82, 2.24) is 10.2 Å². The van der Waals surface area contributed by atoms with Gasteiger partial charge in [-0.1, -0.05) is 55.3 Å². The Bertz CT molecular complexity index is 1020. The number of alkyl halides is 1. The Morgan fingerprint density at radius 1 is 1.12 bits per heavy atom. The number of hydrogen-bond acceptors (Lipinski definition) is 2. The Morgan fingerprint density at radius 2 is 1.88 bits per heavy atom. The molecule has 1 aliphatic heterocycles. The Hall–Kier alpha value is -1.55. The molecule has 5 heteroatoms. The van der Waals surface area contributed by atoms with Crippen molar-refractivity contribution < 1.29 is 4.79 Å². The highest BCUT2D eigenvalue weighted by Crippen LogP contribution is 2.60. The summed E-state index contributed by atoms with van der Waals surface area (Å²) in [6.07, 6.45) is 6.52. The lowest BCUT2D eigenvalue weighted by Gasteiger charge is -2.40. The Balaban J connectivity index is 1.23. The maximum Gasteiger partial charge on any atom is 0.220 e.